The molecule has 6 nitrogen and oxygen atoms in total. The van der Waals surface area contributed by atoms with Gasteiger partial charge in [0.25, 0.3) is 0 Å². The second kappa shape index (κ2) is 3.93. The zero-order chi connectivity index (χ0) is 11.7. The molecule has 2 heterocycles. The van der Waals surface area contributed by atoms with Crippen LogP contribution < -0.4 is 0 Å². The van der Waals surface area contributed by atoms with Crippen LogP contribution in [0.25, 0.3) is 0 Å². The highest BCUT2D eigenvalue weighted by atomic mass is 32.1. The Hall–Kier alpha value is -1.89. The third-order valence-corrected chi connectivity index (χ3v) is 2.74. The van der Waals surface area contributed by atoms with Crippen molar-refractivity contribution in [2.24, 2.45) is 0 Å². The summed E-state index contributed by atoms with van der Waals surface area (Å²) in [5.74, 6) is -1.26. The number of hydrogen-bond donors (Lipinski definition) is 0. The fourth-order valence-corrected chi connectivity index (χ4v) is 2.03. The summed E-state index contributed by atoms with van der Waals surface area (Å²) in [7, 11) is 3.85. The average molecular weight is 240 g/mol. The summed E-state index contributed by atoms with van der Waals surface area (Å²) in [6, 6.07) is 0. The Morgan fingerprint density at radius 1 is 1.31 bits per heavy atom. The summed E-state index contributed by atoms with van der Waals surface area (Å²) < 4.78 is 10.6. The fourth-order valence-electron chi connectivity index (χ4n) is 1.34. The number of fused-ring (bicyclic) bond motifs is 1. The van der Waals surface area contributed by atoms with Gasteiger partial charge < -0.3 is 9.47 Å². The van der Waals surface area contributed by atoms with Crippen LogP contribution in [0.5, 0.6) is 0 Å². The van der Waals surface area contributed by atoms with Crippen LogP contribution in [-0.4, -0.2) is 46.8 Å². The van der Waals surface area contributed by atoms with E-state index in [1.54, 1.807) is 10.9 Å². The normalized spacial score (nSPS) is 11.9. The predicted octanol–water partition coefficient (Wildman–Crippen LogP) is -0.0388. The van der Waals surface area contributed by atoms with Gasteiger partial charge in [0.05, 0.1) is 25.4 Å². The van der Waals surface area contributed by atoms with Crippen molar-refractivity contribution in [3.05, 3.63) is 17.0 Å². The summed E-state index contributed by atoms with van der Waals surface area (Å²) in [6.45, 7) is 0. The lowest BCUT2D eigenvalue weighted by atomic mass is 10.2. The Kier molecular flexibility index (Phi) is 2.61. The number of carbonyl (C=O) groups excluding carboxylic acids is 2. The number of esters is 2. The molecule has 1 aromatic rings. The molecule has 1 aliphatic rings. The van der Waals surface area contributed by atoms with E-state index >= 15 is 0 Å². The average Bonchev–Trinajstić information content (AvgIpc) is 2.86. The summed E-state index contributed by atoms with van der Waals surface area (Å²) in [5.41, 5.74) is 2.32. The van der Waals surface area contributed by atoms with Gasteiger partial charge in [-0.15, -0.1) is 10.9 Å². The predicted molar refractivity (Wildman–Crippen MR) is 59.1 cm³/mol. The molecule has 0 spiro atoms. The molecular formula is C9H8N2O4S. The summed E-state index contributed by atoms with van der Waals surface area (Å²) in [4.78, 5) is 23.0. The second-order valence-electron chi connectivity index (χ2n) is 2.90. The lowest BCUT2D eigenvalue weighted by molar-refractivity contribution is 0.0552. The van der Waals surface area contributed by atoms with Crippen molar-refractivity contribution in [2.45, 2.75) is 0 Å². The van der Waals surface area contributed by atoms with Crippen LogP contribution in [0.15, 0.2) is 0 Å². The van der Waals surface area contributed by atoms with Crippen LogP contribution in [-0.2, 0) is 9.47 Å². The van der Waals surface area contributed by atoms with Crippen molar-refractivity contribution in [1.29, 1.82) is 0 Å². The molecule has 0 saturated heterocycles. The molecule has 0 aliphatic carbocycles. The van der Waals surface area contributed by atoms with Gasteiger partial charge in [-0.2, -0.15) is 5.10 Å². The first kappa shape index (κ1) is 10.6. The van der Waals surface area contributed by atoms with Crippen LogP contribution in [0.2, 0.25) is 0 Å². The van der Waals surface area contributed by atoms with Crippen molar-refractivity contribution in [3.8, 4) is 0 Å². The van der Waals surface area contributed by atoms with Crippen LogP contribution in [0.1, 0.15) is 26.5 Å². The highest BCUT2D eigenvalue weighted by Crippen LogP contribution is 2.17. The molecule has 0 fully saturated rings. The Morgan fingerprint density at radius 3 is 2.62 bits per heavy atom. The number of nitrogens with zero attached hydrogens (tertiary/aromatic N) is 2. The molecule has 0 bridgehead atoms. The summed E-state index contributed by atoms with van der Waals surface area (Å²) in [5, 5.41) is 5.68. The minimum atomic E-state index is -0.658. The van der Waals surface area contributed by atoms with Gasteiger partial charge in [-0.05, 0) is 0 Å². The lowest BCUT2D eigenvalue weighted by Gasteiger charge is -1.99. The Morgan fingerprint density at radius 2 is 2.00 bits per heavy atom. The highest BCUT2D eigenvalue weighted by molar-refractivity contribution is 7.96. The van der Waals surface area contributed by atoms with Crippen molar-refractivity contribution in [3.63, 3.8) is 0 Å². The van der Waals surface area contributed by atoms with E-state index < -0.39 is 11.9 Å². The number of methoxy groups -OCH3 is 2. The molecule has 0 saturated carbocycles. The van der Waals surface area contributed by atoms with Crippen LogP contribution in [0.3, 0.4) is 0 Å². The maximum absolute atomic E-state index is 11.5. The van der Waals surface area contributed by atoms with E-state index in [9.17, 15) is 9.59 Å². The van der Waals surface area contributed by atoms with Crippen molar-refractivity contribution < 1.29 is 19.1 Å². The molecular weight excluding hydrogens is 232 g/mol. The van der Waals surface area contributed by atoms with Crippen molar-refractivity contribution in [1.82, 2.24) is 9.78 Å². The number of ether oxygens (including phenoxy) is 2. The summed E-state index contributed by atoms with van der Waals surface area (Å²) in [6.07, 6.45) is 0. The minimum Gasteiger partial charge on any atom is -0.465 e. The van der Waals surface area contributed by atoms with E-state index in [-0.39, 0.29) is 11.3 Å². The molecule has 1 aliphatic heterocycles. The standard InChI is InChI=1S/C9H8N2O4S/c1-14-8(12)6-5-3-16-4-11(5)10-7(6)9(13)15-2/h3-4H,1-2H3. The van der Waals surface area contributed by atoms with E-state index in [0.29, 0.717) is 5.69 Å². The largest absolute Gasteiger partial charge is 0.465 e. The molecule has 0 unspecified atom stereocenters. The summed E-state index contributed by atoms with van der Waals surface area (Å²) >= 11 is 0. The van der Waals surface area contributed by atoms with Gasteiger partial charge in [-0.3, -0.25) is 0 Å². The van der Waals surface area contributed by atoms with Gasteiger partial charge in [0.2, 0.25) is 0 Å². The zero-order valence-corrected chi connectivity index (χ0v) is 9.41. The van der Waals surface area contributed by atoms with Crippen molar-refractivity contribution in [2.75, 3.05) is 14.2 Å². The van der Waals surface area contributed by atoms with E-state index in [4.69, 9.17) is 0 Å². The quantitative estimate of drug-likeness (QED) is 0.544. The van der Waals surface area contributed by atoms with Gasteiger partial charge >= 0.3 is 11.9 Å². The van der Waals surface area contributed by atoms with Gasteiger partial charge in [-0.25, -0.2) is 14.3 Å². The van der Waals surface area contributed by atoms with E-state index in [1.165, 1.54) is 29.8 Å². The van der Waals surface area contributed by atoms with Gasteiger partial charge in [-0.1, -0.05) is 0 Å². The molecule has 7 heteroatoms. The van der Waals surface area contributed by atoms with E-state index in [2.05, 4.69) is 14.6 Å². The maximum atomic E-state index is 11.5. The molecule has 0 amide bonds. The van der Waals surface area contributed by atoms with Crippen LogP contribution in [0, 0.1) is 0 Å². The zero-order valence-electron chi connectivity index (χ0n) is 8.59. The van der Waals surface area contributed by atoms with Gasteiger partial charge in [0.1, 0.15) is 5.56 Å². The van der Waals surface area contributed by atoms with E-state index in [1.807, 2.05) is 0 Å². The number of aromatic nitrogens is 2. The van der Waals surface area contributed by atoms with Gasteiger partial charge in [0, 0.05) is 5.37 Å². The smallest absolute Gasteiger partial charge is 0.359 e. The Bertz CT molecular complexity index is 540. The Balaban J connectivity index is 2.59. The molecule has 0 radical (unpaired) electrons. The first-order valence-electron chi connectivity index (χ1n) is 4.30. The third-order valence-electron chi connectivity index (χ3n) is 2.06. The first-order chi connectivity index (χ1) is 7.69. The number of hydrogen-bond acceptors (Lipinski definition) is 5. The molecule has 0 N–H and O–H groups in total. The maximum Gasteiger partial charge on any atom is 0.359 e. The Labute approximate surface area is 94.3 Å². The molecule has 16 heavy (non-hydrogen) atoms. The second-order valence-corrected chi connectivity index (χ2v) is 3.61. The first-order valence-corrected chi connectivity index (χ1v) is 5.24. The topological polar surface area (TPSA) is 70.4 Å². The van der Waals surface area contributed by atoms with Crippen LogP contribution >= 0.6 is 10.9 Å². The lowest BCUT2D eigenvalue weighted by Crippen LogP contribution is -2.11. The van der Waals surface area contributed by atoms with E-state index in [0.717, 1.165) is 0 Å². The number of rotatable bonds is 2. The molecule has 84 valence electrons. The third kappa shape index (κ3) is 1.45. The molecule has 0 aromatic carbocycles. The van der Waals surface area contributed by atoms with Gasteiger partial charge in [0.15, 0.2) is 5.69 Å². The molecule has 1 aromatic heterocycles. The SMILES string of the molecule is COC(=O)c1nn2c(c1C(=O)OC)C=S=C2. The fraction of sp³-hybridized carbons (Fsp3) is 0.222. The number of carbonyl (C=O) groups is 2. The molecule has 0 atom stereocenters. The highest BCUT2D eigenvalue weighted by Gasteiger charge is 2.28. The monoisotopic (exact) mass is 240 g/mol. The molecule has 2 rings (SSSR count). The minimum absolute atomic E-state index is 0.0304. The van der Waals surface area contributed by atoms with Crippen LogP contribution in [0.4, 0.5) is 0 Å². The van der Waals surface area contributed by atoms with Crippen molar-refractivity contribution >= 4 is 33.7 Å².